The first-order valence-electron chi connectivity index (χ1n) is 3.20. The quantitative estimate of drug-likeness (QED) is 0.576. The molecule has 4 heteroatoms. The highest BCUT2D eigenvalue weighted by Crippen LogP contribution is 1.92. The summed E-state index contributed by atoms with van der Waals surface area (Å²) in [6, 6.07) is 0. The molecule has 0 bridgehead atoms. The maximum atomic E-state index is 10.9. The average molecular weight is 151 g/mol. The Labute approximate surface area is 64.2 Å². The molecule has 0 aromatic carbocycles. The van der Waals surface area contributed by atoms with Gasteiger partial charge >= 0.3 is 5.97 Å². The summed E-state index contributed by atoms with van der Waals surface area (Å²) < 4.78 is 4.66. The molecule has 0 saturated heterocycles. The Balaban J connectivity index is 2.69. The summed E-state index contributed by atoms with van der Waals surface area (Å²) in [6.07, 6.45) is 5.28. The second kappa shape index (κ2) is 3.65. The first-order chi connectivity index (χ1) is 5.34. The minimum atomic E-state index is -0.486. The molecule has 0 atom stereocenters. The molecule has 0 aliphatic heterocycles. The second-order valence-corrected chi connectivity index (χ2v) is 1.74. The zero-order chi connectivity index (χ0) is 8.10. The van der Waals surface area contributed by atoms with Crippen molar-refractivity contribution in [2.45, 2.75) is 6.92 Å². The van der Waals surface area contributed by atoms with Crippen LogP contribution in [0.5, 0.6) is 0 Å². The molecule has 0 saturated carbocycles. The van der Waals surface area contributed by atoms with Crippen LogP contribution in [-0.4, -0.2) is 22.5 Å². The smallest absolute Gasteiger partial charge is 0.359 e. The zero-order valence-electron chi connectivity index (χ0n) is 6.07. The van der Waals surface area contributed by atoms with Gasteiger partial charge in [-0.2, -0.15) is 0 Å². The van der Waals surface area contributed by atoms with E-state index in [0.717, 1.165) is 0 Å². The SMILES string of the molecule is CCOC(=O)c1[c]nccn1. The molecule has 4 nitrogen and oxygen atoms in total. The maximum absolute atomic E-state index is 10.9. The second-order valence-electron chi connectivity index (χ2n) is 1.74. The number of ether oxygens (including phenoxy) is 1. The van der Waals surface area contributed by atoms with Crippen molar-refractivity contribution < 1.29 is 9.53 Å². The Morgan fingerprint density at radius 1 is 1.73 bits per heavy atom. The third kappa shape index (κ3) is 2.00. The summed E-state index contributed by atoms with van der Waals surface area (Å²) in [7, 11) is 0. The van der Waals surface area contributed by atoms with E-state index in [0.29, 0.717) is 6.61 Å². The van der Waals surface area contributed by atoms with Gasteiger partial charge in [-0.05, 0) is 6.92 Å². The Hall–Kier alpha value is -1.45. The zero-order valence-corrected chi connectivity index (χ0v) is 6.07. The van der Waals surface area contributed by atoms with Crippen LogP contribution in [0.1, 0.15) is 17.4 Å². The highest BCUT2D eigenvalue weighted by Gasteiger charge is 2.06. The largest absolute Gasteiger partial charge is 0.461 e. The number of carbonyl (C=O) groups excluding carboxylic acids is 1. The molecular formula is C7H7N2O2. The van der Waals surface area contributed by atoms with Crippen molar-refractivity contribution in [1.29, 1.82) is 0 Å². The number of hydrogen-bond donors (Lipinski definition) is 0. The molecule has 0 fully saturated rings. The fraction of sp³-hybridized carbons (Fsp3) is 0.286. The van der Waals surface area contributed by atoms with Gasteiger partial charge in [-0.25, -0.2) is 9.78 Å². The first kappa shape index (κ1) is 7.65. The molecule has 0 aliphatic carbocycles. The molecular weight excluding hydrogens is 144 g/mol. The molecule has 11 heavy (non-hydrogen) atoms. The van der Waals surface area contributed by atoms with E-state index in [1.807, 2.05) is 0 Å². The minimum Gasteiger partial charge on any atom is -0.461 e. The summed E-state index contributed by atoms with van der Waals surface area (Å²) >= 11 is 0. The van der Waals surface area contributed by atoms with Crippen LogP contribution in [0.4, 0.5) is 0 Å². The van der Waals surface area contributed by atoms with Crippen LogP contribution in [0.2, 0.25) is 0 Å². The molecule has 57 valence electrons. The van der Waals surface area contributed by atoms with Gasteiger partial charge in [-0.3, -0.25) is 4.98 Å². The van der Waals surface area contributed by atoms with Crippen molar-refractivity contribution in [3.63, 3.8) is 0 Å². The summed E-state index contributed by atoms with van der Waals surface area (Å²) in [5.74, 6) is -0.486. The van der Waals surface area contributed by atoms with E-state index < -0.39 is 5.97 Å². The lowest BCUT2D eigenvalue weighted by atomic mass is 10.5. The van der Waals surface area contributed by atoms with Crippen molar-refractivity contribution in [2.75, 3.05) is 6.61 Å². The van der Waals surface area contributed by atoms with Crippen LogP contribution < -0.4 is 0 Å². The number of nitrogens with zero attached hydrogens (tertiary/aromatic N) is 2. The molecule has 0 N–H and O–H groups in total. The third-order valence-corrected chi connectivity index (χ3v) is 0.984. The van der Waals surface area contributed by atoms with Gasteiger partial charge in [0.25, 0.3) is 0 Å². The molecule has 0 aliphatic rings. The number of hydrogen-bond acceptors (Lipinski definition) is 4. The van der Waals surface area contributed by atoms with Crippen molar-refractivity contribution >= 4 is 5.97 Å². The lowest BCUT2D eigenvalue weighted by Crippen LogP contribution is -2.07. The number of carbonyl (C=O) groups is 1. The van der Waals surface area contributed by atoms with Crippen molar-refractivity contribution in [1.82, 2.24) is 9.97 Å². The van der Waals surface area contributed by atoms with Crippen LogP contribution in [-0.2, 0) is 4.74 Å². The van der Waals surface area contributed by atoms with Gasteiger partial charge in [0.1, 0.15) is 6.20 Å². The standard InChI is InChI=1S/C7H7N2O2/c1-2-11-7(10)6-5-8-3-4-9-6/h3-4H,2H2,1H3. The number of esters is 1. The monoisotopic (exact) mass is 151 g/mol. The van der Waals surface area contributed by atoms with Crippen LogP contribution >= 0.6 is 0 Å². The van der Waals surface area contributed by atoms with Gasteiger partial charge in [0.05, 0.1) is 6.61 Å². The van der Waals surface area contributed by atoms with Crippen LogP contribution in [0.25, 0.3) is 0 Å². The molecule has 0 unspecified atom stereocenters. The van der Waals surface area contributed by atoms with Gasteiger partial charge in [0.2, 0.25) is 0 Å². The molecule has 1 heterocycles. The molecule has 0 amide bonds. The highest BCUT2D eigenvalue weighted by atomic mass is 16.5. The predicted molar refractivity (Wildman–Crippen MR) is 36.8 cm³/mol. The highest BCUT2D eigenvalue weighted by molar-refractivity contribution is 5.86. The van der Waals surface area contributed by atoms with E-state index in [2.05, 4.69) is 20.9 Å². The van der Waals surface area contributed by atoms with E-state index >= 15 is 0 Å². The van der Waals surface area contributed by atoms with E-state index in [4.69, 9.17) is 0 Å². The molecule has 1 aromatic heterocycles. The van der Waals surface area contributed by atoms with Gasteiger partial charge in [-0.1, -0.05) is 0 Å². The van der Waals surface area contributed by atoms with Gasteiger partial charge in [-0.15, -0.1) is 0 Å². The molecule has 1 rings (SSSR count). The first-order valence-corrected chi connectivity index (χ1v) is 3.20. The van der Waals surface area contributed by atoms with Gasteiger partial charge in [0.15, 0.2) is 5.69 Å². The average Bonchev–Trinajstić information content (AvgIpc) is 2.07. The lowest BCUT2D eigenvalue weighted by Gasteiger charge is -1.97. The van der Waals surface area contributed by atoms with Crippen molar-refractivity contribution in [3.8, 4) is 0 Å². The van der Waals surface area contributed by atoms with E-state index in [1.54, 1.807) is 6.92 Å². The Kier molecular flexibility index (Phi) is 2.54. The van der Waals surface area contributed by atoms with Gasteiger partial charge < -0.3 is 4.74 Å². The summed E-state index contributed by atoms with van der Waals surface area (Å²) in [6.45, 7) is 2.07. The topological polar surface area (TPSA) is 52.1 Å². The normalized spacial score (nSPS) is 9.18. The maximum Gasteiger partial charge on any atom is 0.359 e. The van der Waals surface area contributed by atoms with E-state index in [-0.39, 0.29) is 5.69 Å². The lowest BCUT2D eigenvalue weighted by molar-refractivity contribution is 0.0518. The third-order valence-electron chi connectivity index (χ3n) is 0.984. The predicted octanol–water partition coefficient (Wildman–Crippen LogP) is 0.453. The van der Waals surface area contributed by atoms with Crippen LogP contribution in [0.15, 0.2) is 12.4 Å². The van der Waals surface area contributed by atoms with E-state index in [1.165, 1.54) is 12.4 Å². The molecule has 1 aromatic rings. The summed E-state index contributed by atoms with van der Waals surface area (Å²) in [5.41, 5.74) is 0.120. The minimum absolute atomic E-state index is 0.120. The fourth-order valence-electron chi connectivity index (χ4n) is 0.566. The van der Waals surface area contributed by atoms with Gasteiger partial charge in [0, 0.05) is 12.4 Å². The number of rotatable bonds is 2. The van der Waals surface area contributed by atoms with Crippen LogP contribution in [0, 0.1) is 6.20 Å². The fourth-order valence-corrected chi connectivity index (χ4v) is 0.566. The van der Waals surface area contributed by atoms with Crippen LogP contribution in [0.3, 0.4) is 0 Å². The molecule has 1 radical (unpaired) electrons. The Bertz CT molecular complexity index is 235. The van der Waals surface area contributed by atoms with Crippen molar-refractivity contribution in [2.24, 2.45) is 0 Å². The Morgan fingerprint density at radius 2 is 2.55 bits per heavy atom. The van der Waals surface area contributed by atoms with E-state index in [9.17, 15) is 4.79 Å². The Morgan fingerprint density at radius 3 is 3.09 bits per heavy atom. The number of aromatic nitrogens is 2. The summed E-state index contributed by atoms with van der Waals surface area (Å²) in [5, 5.41) is 0. The molecule has 0 spiro atoms. The summed E-state index contributed by atoms with van der Waals surface area (Å²) in [4.78, 5) is 18.2. The van der Waals surface area contributed by atoms with Crippen molar-refractivity contribution in [3.05, 3.63) is 24.3 Å².